The Kier molecular flexibility index (Phi) is 8.45. The van der Waals surface area contributed by atoms with E-state index >= 15 is 0 Å². The summed E-state index contributed by atoms with van der Waals surface area (Å²) < 4.78 is 39.1. The van der Waals surface area contributed by atoms with E-state index in [1.54, 1.807) is 12.1 Å². The molecule has 0 spiro atoms. The van der Waals surface area contributed by atoms with E-state index in [1.165, 1.54) is 24.3 Å². The van der Waals surface area contributed by atoms with Gasteiger partial charge in [-0.05, 0) is 62.6 Å². The third-order valence-corrected chi connectivity index (χ3v) is 6.65. The van der Waals surface area contributed by atoms with E-state index in [0.717, 1.165) is 24.8 Å². The molecule has 1 amide bonds. The average molecular weight is 467 g/mol. The highest BCUT2D eigenvalue weighted by Gasteiger charge is 2.25. The maximum atomic E-state index is 12.9. The molecule has 168 valence electrons. The number of hydrogen-bond acceptors (Lipinski definition) is 5. The van der Waals surface area contributed by atoms with Crippen molar-refractivity contribution in [3.8, 4) is 0 Å². The predicted molar refractivity (Wildman–Crippen MR) is 119 cm³/mol. The largest absolute Gasteiger partial charge is 0.353 e. The molecule has 31 heavy (non-hydrogen) atoms. The molecule has 2 unspecified atom stereocenters. The van der Waals surface area contributed by atoms with Crippen LogP contribution in [-0.4, -0.2) is 40.4 Å². The number of carbonyl (C=O) groups is 1. The van der Waals surface area contributed by atoms with Crippen molar-refractivity contribution in [1.29, 1.82) is 0 Å². The van der Waals surface area contributed by atoms with E-state index in [2.05, 4.69) is 10.0 Å². The van der Waals surface area contributed by atoms with Gasteiger partial charge in [0.05, 0.1) is 17.4 Å². The smallest absolute Gasteiger partial charge is 0.240 e. The first-order valence-corrected chi connectivity index (χ1v) is 12.1. The summed E-state index contributed by atoms with van der Waals surface area (Å²) >= 11 is 5.84. The lowest BCUT2D eigenvalue weighted by atomic mass is 10.1. The Morgan fingerprint density at radius 3 is 2.52 bits per heavy atom. The molecule has 1 saturated heterocycles. The van der Waals surface area contributed by atoms with Crippen LogP contribution in [0.25, 0.3) is 0 Å². The normalized spacial score (nSPS) is 17.8. The molecule has 0 bridgehead atoms. The number of benzene rings is 2. The van der Waals surface area contributed by atoms with E-state index in [0.29, 0.717) is 17.3 Å². The monoisotopic (exact) mass is 466 g/mol. The number of sulfonamides is 1. The van der Waals surface area contributed by atoms with Crippen LogP contribution in [-0.2, 0) is 24.3 Å². The number of ether oxygens (including phenoxy) is 2. The fourth-order valence-electron chi connectivity index (χ4n) is 3.08. The van der Waals surface area contributed by atoms with Crippen LogP contribution >= 0.6 is 11.6 Å². The van der Waals surface area contributed by atoms with E-state index in [4.69, 9.17) is 21.1 Å². The van der Waals surface area contributed by atoms with Crippen LogP contribution < -0.4 is 10.0 Å². The molecular formula is C22H27ClN2O5S. The summed E-state index contributed by atoms with van der Waals surface area (Å²) in [6.07, 6.45) is 2.35. The van der Waals surface area contributed by atoms with Gasteiger partial charge in [-0.25, -0.2) is 13.1 Å². The first-order valence-electron chi connectivity index (χ1n) is 10.2. The molecule has 0 radical (unpaired) electrons. The maximum Gasteiger partial charge on any atom is 0.240 e. The summed E-state index contributed by atoms with van der Waals surface area (Å²) in [4.78, 5) is 13.0. The highest BCUT2D eigenvalue weighted by atomic mass is 35.5. The summed E-state index contributed by atoms with van der Waals surface area (Å²) in [5.74, 6) is -1.08. The topological polar surface area (TPSA) is 93.7 Å². The molecule has 1 fully saturated rings. The van der Waals surface area contributed by atoms with Gasteiger partial charge in [0.2, 0.25) is 15.9 Å². The van der Waals surface area contributed by atoms with Crippen molar-refractivity contribution in [2.75, 3.05) is 25.1 Å². The summed E-state index contributed by atoms with van der Waals surface area (Å²) in [6, 6.07) is 13.2. The lowest BCUT2D eigenvalue weighted by Gasteiger charge is -2.25. The zero-order chi connectivity index (χ0) is 22.3. The van der Waals surface area contributed by atoms with Crippen molar-refractivity contribution >= 4 is 33.2 Å². The SMILES string of the molecule is Cc1ccc(NC(=O)C(CNS(=O)(=O)c2ccc(Cl)cc2)COC2CCCCO2)cc1. The van der Waals surface area contributed by atoms with Gasteiger partial charge >= 0.3 is 0 Å². The number of amides is 1. The van der Waals surface area contributed by atoms with Gasteiger partial charge < -0.3 is 14.8 Å². The van der Waals surface area contributed by atoms with Crippen molar-refractivity contribution in [2.24, 2.45) is 5.92 Å². The molecule has 9 heteroatoms. The van der Waals surface area contributed by atoms with Crippen LogP contribution in [0.1, 0.15) is 24.8 Å². The highest BCUT2D eigenvalue weighted by Crippen LogP contribution is 2.17. The zero-order valence-electron chi connectivity index (χ0n) is 17.3. The van der Waals surface area contributed by atoms with Crippen molar-refractivity contribution in [1.82, 2.24) is 4.72 Å². The van der Waals surface area contributed by atoms with E-state index in [-0.39, 0.29) is 30.2 Å². The van der Waals surface area contributed by atoms with Crippen molar-refractivity contribution in [3.05, 3.63) is 59.1 Å². The van der Waals surface area contributed by atoms with Crippen LogP contribution in [0.15, 0.2) is 53.4 Å². The van der Waals surface area contributed by atoms with Crippen LogP contribution in [0.2, 0.25) is 5.02 Å². The number of hydrogen-bond donors (Lipinski definition) is 2. The lowest BCUT2D eigenvalue weighted by Crippen LogP contribution is -2.39. The maximum absolute atomic E-state index is 12.9. The number of anilines is 1. The second-order valence-electron chi connectivity index (χ2n) is 7.49. The van der Waals surface area contributed by atoms with Gasteiger partial charge in [0.25, 0.3) is 0 Å². The lowest BCUT2D eigenvalue weighted by molar-refractivity contribution is -0.170. The van der Waals surface area contributed by atoms with Crippen LogP contribution in [0.4, 0.5) is 5.69 Å². The molecule has 2 atom stereocenters. The fraction of sp³-hybridized carbons (Fsp3) is 0.409. The molecule has 1 aliphatic heterocycles. The molecule has 7 nitrogen and oxygen atoms in total. The summed E-state index contributed by atoms with van der Waals surface area (Å²) in [7, 11) is -3.80. The number of carbonyl (C=O) groups excluding carboxylic acids is 1. The number of aryl methyl sites for hydroxylation is 1. The quantitative estimate of drug-likeness (QED) is 0.587. The third-order valence-electron chi connectivity index (χ3n) is 4.95. The summed E-state index contributed by atoms with van der Waals surface area (Å²) in [6.45, 7) is 2.49. The predicted octanol–water partition coefficient (Wildman–Crippen LogP) is 3.72. The molecular weight excluding hydrogens is 440 g/mol. The second-order valence-corrected chi connectivity index (χ2v) is 9.69. The van der Waals surface area contributed by atoms with Crippen LogP contribution in [0.5, 0.6) is 0 Å². The minimum atomic E-state index is -3.80. The van der Waals surface area contributed by atoms with Gasteiger partial charge in [-0.15, -0.1) is 0 Å². The highest BCUT2D eigenvalue weighted by molar-refractivity contribution is 7.89. The third kappa shape index (κ3) is 7.29. The van der Waals surface area contributed by atoms with E-state index in [1.807, 2.05) is 19.1 Å². The Balaban J connectivity index is 1.66. The van der Waals surface area contributed by atoms with Gasteiger partial charge in [0.15, 0.2) is 6.29 Å². The molecule has 2 aromatic carbocycles. The molecule has 0 aliphatic carbocycles. The molecule has 0 saturated carbocycles. The summed E-state index contributed by atoms with van der Waals surface area (Å²) in [5.41, 5.74) is 1.71. The zero-order valence-corrected chi connectivity index (χ0v) is 18.9. The average Bonchev–Trinajstić information content (AvgIpc) is 2.76. The molecule has 1 heterocycles. The Morgan fingerprint density at radius 1 is 1.16 bits per heavy atom. The standard InChI is InChI=1S/C22H27ClN2O5S/c1-16-5-9-19(10-6-16)25-22(26)17(15-30-21-4-2-3-13-29-21)14-24-31(27,28)20-11-7-18(23)8-12-20/h5-12,17,21,24H,2-4,13-15H2,1H3,(H,25,26). The second kappa shape index (κ2) is 11.1. The Labute approximate surface area is 188 Å². The summed E-state index contributed by atoms with van der Waals surface area (Å²) in [5, 5.41) is 3.27. The minimum absolute atomic E-state index is 0.0332. The molecule has 3 rings (SSSR count). The van der Waals surface area contributed by atoms with Gasteiger partial charge in [-0.2, -0.15) is 0 Å². The number of nitrogens with one attached hydrogen (secondary N) is 2. The molecule has 0 aromatic heterocycles. The fourth-order valence-corrected chi connectivity index (χ4v) is 4.29. The molecule has 1 aliphatic rings. The van der Waals surface area contributed by atoms with Crippen molar-refractivity contribution < 1.29 is 22.7 Å². The van der Waals surface area contributed by atoms with Crippen LogP contribution in [0.3, 0.4) is 0 Å². The van der Waals surface area contributed by atoms with Gasteiger partial charge in [0.1, 0.15) is 0 Å². The van der Waals surface area contributed by atoms with Gasteiger partial charge in [-0.3, -0.25) is 4.79 Å². The Morgan fingerprint density at radius 2 is 1.87 bits per heavy atom. The minimum Gasteiger partial charge on any atom is -0.353 e. The van der Waals surface area contributed by atoms with Crippen molar-refractivity contribution in [3.63, 3.8) is 0 Å². The van der Waals surface area contributed by atoms with Gasteiger partial charge in [0, 0.05) is 23.9 Å². The number of halogens is 1. The number of rotatable bonds is 9. The molecule has 2 N–H and O–H groups in total. The van der Waals surface area contributed by atoms with E-state index < -0.39 is 15.9 Å². The molecule has 2 aromatic rings. The Bertz CT molecular complexity index is 958. The first-order chi connectivity index (χ1) is 14.8. The first kappa shape index (κ1) is 23.7. The Hall–Kier alpha value is -1.97. The van der Waals surface area contributed by atoms with Crippen LogP contribution in [0, 0.1) is 12.8 Å². The van der Waals surface area contributed by atoms with Gasteiger partial charge in [-0.1, -0.05) is 29.3 Å². The van der Waals surface area contributed by atoms with Crippen molar-refractivity contribution in [2.45, 2.75) is 37.4 Å². The van der Waals surface area contributed by atoms with E-state index in [9.17, 15) is 13.2 Å².